The van der Waals surface area contributed by atoms with Gasteiger partial charge in [0.05, 0.1) is 18.1 Å². The average molecular weight is 206 g/mol. The first-order valence-electron chi connectivity index (χ1n) is 4.78. The number of esters is 1. The summed E-state index contributed by atoms with van der Waals surface area (Å²) in [6.07, 6.45) is 1.66. The lowest BCUT2D eigenvalue weighted by Gasteiger charge is -2.11. The number of nitriles is 1. The van der Waals surface area contributed by atoms with Crippen LogP contribution in [0.5, 0.6) is 0 Å². The Balaban J connectivity index is 2.91. The van der Waals surface area contributed by atoms with E-state index in [1.165, 1.54) is 0 Å². The fraction of sp³-hybridized carbons (Fsp3) is 0.455. The summed E-state index contributed by atoms with van der Waals surface area (Å²) in [5, 5.41) is 8.92. The Morgan fingerprint density at radius 3 is 2.87 bits per heavy atom. The molecule has 1 rings (SSSR count). The highest BCUT2D eigenvalue weighted by molar-refractivity contribution is 5.87. The van der Waals surface area contributed by atoms with E-state index in [9.17, 15) is 4.79 Å². The van der Waals surface area contributed by atoms with Gasteiger partial charge in [0.2, 0.25) is 0 Å². The molecule has 1 aromatic rings. The second-order valence-electron chi connectivity index (χ2n) is 3.76. The average Bonchev–Trinajstić information content (AvgIpc) is 2.67. The van der Waals surface area contributed by atoms with E-state index in [0.717, 1.165) is 5.56 Å². The smallest absolute Gasteiger partial charge is 0.354 e. The number of carbonyl (C=O) groups excluding carboxylic acids is 1. The van der Waals surface area contributed by atoms with Gasteiger partial charge in [-0.3, -0.25) is 0 Å². The van der Waals surface area contributed by atoms with Gasteiger partial charge in [-0.2, -0.15) is 5.26 Å². The van der Waals surface area contributed by atoms with Crippen LogP contribution in [0, 0.1) is 11.3 Å². The minimum Gasteiger partial charge on any atom is -0.461 e. The van der Waals surface area contributed by atoms with Gasteiger partial charge in [0.1, 0.15) is 5.69 Å². The van der Waals surface area contributed by atoms with Gasteiger partial charge >= 0.3 is 5.97 Å². The lowest BCUT2D eigenvalue weighted by atomic mass is 9.88. The Bertz CT molecular complexity index is 399. The molecule has 0 aromatic carbocycles. The van der Waals surface area contributed by atoms with Gasteiger partial charge in [-0.1, -0.05) is 0 Å². The summed E-state index contributed by atoms with van der Waals surface area (Å²) in [5.74, 6) is -0.391. The Hall–Kier alpha value is -1.76. The Morgan fingerprint density at radius 1 is 1.67 bits per heavy atom. The molecule has 80 valence electrons. The number of H-pyrrole nitrogens is 1. The predicted octanol–water partition coefficient (Wildman–Crippen LogP) is 1.99. The van der Waals surface area contributed by atoms with Gasteiger partial charge < -0.3 is 9.72 Å². The minimum absolute atomic E-state index is 0.342. The molecule has 0 aliphatic rings. The van der Waals surface area contributed by atoms with Gasteiger partial charge in [-0.25, -0.2) is 4.79 Å². The molecule has 1 heterocycles. The van der Waals surface area contributed by atoms with Crippen molar-refractivity contribution < 1.29 is 9.53 Å². The zero-order valence-corrected chi connectivity index (χ0v) is 9.13. The maximum absolute atomic E-state index is 11.3. The van der Waals surface area contributed by atoms with Crippen LogP contribution in [-0.4, -0.2) is 17.6 Å². The van der Waals surface area contributed by atoms with E-state index in [0.29, 0.717) is 12.3 Å². The van der Waals surface area contributed by atoms with Crippen molar-refractivity contribution in [3.8, 4) is 6.07 Å². The van der Waals surface area contributed by atoms with E-state index in [1.54, 1.807) is 33.0 Å². The second-order valence-corrected chi connectivity index (χ2v) is 3.76. The van der Waals surface area contributed by atoms with Crippen molar-refractivity contribution in [1.82, 2.24) is 4.98 Å². The summed E-state index contributed by atoms with van der Waals surface area (Å²) in [7, 11) is 0. The third-order valence-electron chi connectivity index (χ3n) is 2.18. The number of carbonyl (C=O) groups is 1. The fourth-order valence-corrected chi connectivity index (χ4v) is 1.15. The standard InChI is InChI=1S/C11H14N2O2/c1-4-15-10(14)9-5-8(6-13-9)11(2,3)7-12/h5-6,13H,4H2,1-3H3. The van der Waals surface area contributed by atoms with Crippen molar-refractivity contribution in [1.29, 1.82) is 5.26 Å². The lowest BCUT2D eigenvalue weighted by molar-refractivity contribution is 0.0520. The van der Waals surface area contributed by atoms with Crippen molar-refractivity contribution >= 4 is 5.97 Å². The number of nitrogens with one attached hydrogen (secondary N) is 1. The number of hydrogen-bond acceptors (Lipinski definition) is 3. The van der Waals surface area contributed by atoms with Crippen LogP contribution in [0.3, 0.4) is 0 Å². The van der Waals surface area contributed by atoms with E-state index in [1.807, 2.05) is 0 Å². The Kier molecular flexibility index (Phi) is 3.15. The first kappa shape index (κ1) is 11.3. The molecular weight excluding hydrogens is 192 g/mol. The van der Waals surface area contributed by atoms with Crippen LogP contribution in [0.2, 0.25) is 0 Å². The molecule has 4 heteroatoms. The van der Waals surface area contributed by atoms with Crippen LogP contribution in [0.15, 0.2) is 12.3 Å². The zero-order chi connectivity index (χ0) is 11.5. The molecule has 0 saturated carbocycles. The second kappa shape index (κ2) is 4.18. The highest BCUT2D eigenvalue weighted by atomic mass is 16.5. The summed E-state index contributed by atoms with van der Waals surface area (Å²) in [6, 6.07) is 3.82. The molecule has 0 atom stereocenters. The lowest BCUT2D eigenvalue weighted by Crippen LogP contribution is -2.12. The summed E-state index contributed by atoms with van der Waals surface area (Å²) >= 11 is 0. The first-order chi connectivity index (χ1) is 7.01. The molecule has 4 nitrogen and oxygen atoms in total. The summed E-state index contributed by atoms with van der Waals surface area (Å²) in [4.78, 5) is 14.1. The van der Waals surface area contributed by atoms with Crippen LogP contribution in [0.1, 0.15) is 36.8 Å². The maximum atomic E-state index is 11.3. The first-order valence-corrected chi connectivity index (χ1v) is 4.78. The third kappa shape index (κ3) is 2.38. The molecule has 0 aliphatic carbocycles. The molecule has 0 spiro atoms. The number of aromatic nitrogens is 1. The summed E-state index contributed by atoms with van der Waals surface area (Å²) < 4.78 is 4.83. The monoisotopic (exact) mass is 206 g/mol. The van der Waals surface area contributed by atoms with Crippen molar-refractivity contribution in [3.05, 3.63) is 23.5 Å². The molecule has 0 radical (unpaired) electrons. The van der Waals surface area contributed by atoms with Gasteiger partial charge in [-0.15, -0.1) is 0 Å². The number of aromatic amines is 1. The number of hydrogen-bond donors (Lipinski definition) is 1. The molecule has 1 aromatic heterocycles. The maximum Gasteiger partial charge on any atom is 0.354 e. The van der Waals surface area contributed by atoms with Gasteiger partial charge in [0.25, 0.3) is 0 Å². The Morgan fingerprint density at radius 2 is 2.33 bits per heavy atom. The summed E-state index contributed by atoms with van der Waals surface area (Å²) in [5.41, 5.74) is 0.574. The SMILES string of the molecule is CCOC(=O)c1cc(C(C)(C)C#N)c[nH]1. The molecule has 0 saturated heterocycles. The van der Waals surface area contributed by atoms with E-state index < -0.39 is 11.4 Å². The van der Waals surface area contributed by atoms with Crippen LogP contribution in [0.4, 0.5) is 0 Å². The normalized spacial score (nSPS) is 10.8. The fourth-order valence-electron chi connectivity index (χ4n) is 1.15. The highest BCUT2D eigenvalue weighted by Crippen LogP contribution is 2.22. The van der Waals surface area contributed by atoms with Gasteiger partial charge in [-0.05, 0) is 32.4 Å². The molecule has 0 amide bonds. The minimum atomic E-state index is -0.596. The third-order valence-corrected chi connectivity index (χ3v) is 2.18. The predicted molar refractivity (Wildman–Crippen MR) is 55.4 cm³/mol. The van der Waals surface area contributed by atoms with Crippen molar-refractivity contribution in [3.63, 3.8) is 0 Å². The van der Waals surface area contributed by atoms with Gasteiger partial charge in [0, 0.05) is 6.20 Å². The molecular formula is C11H14N2O2. The zero-order valence-electron chi connectivity index (χ0n) is 9.13. The molecule has 0 fully saturated rings. The Labute approximate surface area is 88.9 Å². The quantitative estimate of drug-likeness (QED) is 0.769. The summed E-state index contributed by atoms with van der Waals surface area (Å²) in [6.45, 7) is 5.69. The largest absolute Gasteiger partial charge is 0.461 e. The number of nitrogens with zero attached hydrogens (tertiary/aromatic N) is 1. The number of ether oxygens (including phenoxy) is 1. The molecule has 0 unspecified atom stereocenters. The van der Waals surface area contributed by atoms with Crippen LogP contribution in [-0.2, 0) is 10.2 Å². The highest BCUT2D eigenvalue weighted by Gasteiger charge is 2.22. The van der Waals surface area contributed by atoms with Crippen LogP contribution < -0.4 is 0 Å². The van der Waals surface area contributed by atoms with Crippen LogP contribution in [0.25, 0.3) is 0 Å². The molecule has 0 bridgehead atoms. The molecule has 0 aliphatic heterocycles. The molecule has 1 N–H and O–H groups in total. The topological polar surface area (TPSA) is 65.9 Å². The van der Waals surface area contributed by atoms with E-state index in [2.05, 4.69) is 11.1 Å². The van der Waals surface area contributed by atoms with E-state index >= 15 is 0 Å². The van der Waals surface area contributed by atoms with Crippen LogP contribution >= 0.6 is 0 Å². The van der Waals surface area contributed by atoms with Gasteiger partial charge in [0.15, 0.2) is 0 Å². The van der Waals surface area contributed by atoms with Crippen molar-refractivity contribution in [2.75, 3.05) is 6.61 Å². The number of rotatable bonds is 3. The molecule has 15 heavy (non-hydrogen) atoms. The van der Waals surface area contributed by atoms with E-state index in [-0.39, 0.29) is 0 Å². The van der Waals surface area contributed by atoms with Crippen molar-refractivity contribution in [2.45, 2.75) is 26.2 Å². The van der Waals surface area contributed by atoms with E-state index in [4.69, 9.17) is 10.00 Å². The van der Waals surface area contributed by atoms with Crippen molar-refractivity contribution in [2.24, 2.45) is 0 Å².